The molecule has 0 aromatic carbocycles. The number of ketones is 1. The average molecular weight is 731 g/mol. The van der Waals surface area contributed by atoms with Gasteiger partial charge in [-0.15, -0.1) is 0 Å². The molecule has 0 spiro atoms. The number of alkyl halides is 7. The number of unbranched alkanes of at least 4 members (excludes halogenated alkanes) is 7. The molecule has 298 valence electrons. The van der Waals surface area contributed by atoms with E-state index in [2.05, 4.69) is 0 Å². The first kappa shape index (κ1) is 48.9. The van der Waals surface area contributed by atoms with Crippen LogP contribution in [0, 0.1) is 16.2 Å². The Hall–Kier alpha value is -1.15. The van der Waals surface area contributed by atoms with E-state index in [-0.39, 0.29) is 51.2 Å². The predicted molar refractivity (Wildman–Crippen MR) is 194 cm³/mol. The Morgan fingerprint density at radius 2 is 0.680 bits per heavy atom. The van der Waals surface area contributed by atoms with Gasteiger partial charge in [-0.1, -0.05) is 138 Å². The van der Waals surface area contributed by atoms with Crippen molar-refractivity contribution in [3.05, 3.63) is 0 Å². The zero-order chi connectivity index (χ0) is 38.4. The largest absolute Gasteiger partial charge is 0.303 e. The molecule has 0 rings (SSSR count). The number of carbonyl (C=O) groups excluding carboxylic acids is 2. The summed E-state index contributed by atoms with van der Waals surface area (Å²) in [5, 5.41) is 0. The van der Waals surface area contributed by atoms with Crippen molar-refractivity contribution in [3.8, 4) is 0 Å². The molecule has 0 fully saturated rings. The van der Waals surface area contributed by atoms with Crippen LogP contribution in [0.1, 0.15) is 190 Å². The van der Waals surface area contributed by atoms with E-state index in [1.54, 1.807) is 48.5 Å². The van der Waals surface area contributed by atoms with E-state index < -0.39 is 117 Å². The molecule has 0 aromatic heterocycles. The molecular formula is C41H73F7O2. The molecule has 7 unspecified atom stereocenters. The Morgan fingerprint density at radius 1 is 0.440 bits per heavy atom. The van der Waals surface area contributed by atoms with Gasteiger partial charge in [-0.25, -0.2) is 30.7 Å². The fourth-order valence-electron chi connectivity index (χ4n) is 8.83. The number of Topliss-reactive ketones (excluding diaryl/α,β-unsaturated/α-hetero) is 1. The second-order valence-electron chi connectivity index (χ2n) is 14.7. The van der Waals surface area contributed by atoms with Crippen molar-refractivity contribution in [2.24, 2.45) is 16.2 Å². The summed E-state index contributed by atoms with van der Waals surface area (Å²) in [6.07, 6.45) is -19.8. The molecule has 0 aromatic rings. The lowest BCUT2D eigenvalue weighted by molar-refractivity contribution is -0.282. The zero-order valence-electron chi connectivity index (χ0n) is 32.6. The van der Waals surface area contributed by atoms with E-state index in [1.165, 1.54) is 0 Å². The third-order valence-corrected chi connectivity index (χ3v) is 11.3. The maximum absolute atomic E-state index is 18.3. The van der Waals surface area contributed by atoms with Crippen LogP contribution < -0.4 is 0 Å². The van der Waals surface area contributed by atoms with Crippen LogP contribution >= 0.6 is 0 Å². The average Bonchev–Trinajstić information content (AvgIpc) is 3.10. The van der Waals surface area contributed by atoms with Crippen LogP contribution in [-0.2, 0) is 9.59 Å². The summed E-state index contributed by atoms with van der Waals surface area (Å²) >= 11 is 0. The molecule has 0 heterocycles. The highest BCUT2D eigenvalue weighted by molar-refractivity contribution is 5.96. The Labute approximate surface area is 301 Å². The molecule has 50 heavy (non-hydrogen) atoms. The van der Waals surface area contributed by atoms with Crippen LogP contribution in [-0.4, -0.2) is 55.3 Å². The summed E-state index contributed by atoms with van der Waals surface area (Å²) in [5.74, 6) is -1.42. The Bertz CT molecular complexity index is 823. The molecule has 7 atom stereocenters. The van der Waals surface area contributed by atoms with Crippen molar-refractivity contribution >= 4 is 12.1 Å². The first-order valence-corrected chi connectivity index (χ1v) is 20.3. The monoisotopic (exact) mass is 731 g/mol. The molecule has 0 N–H and O–H groups in total. The van der Waals surface area contributed by atoms with Crippen LogP contribution in [0.25, 0.3) is 0 Å². The number of carbonyl (C=O) groups is 2. The van der Waals surface area contributed by atoms with Gasteiger partial charge in [-0.3, -0.25) is 4.79 Å². The van der Waals surface area contributed by atoms with Crippen molar-refractivity contribution in [2.75, 3.05) is 0 Å². The maximum atomic E-state index is 18.3. The molecule has 0 aliphatic rings. The van der Waals surface area contributed by atoms with Crippen LogP contribution in [0.4, 0.5) is 30.7 Å². The van der Waals surface area contributed by atoms with Crippen molar-refractivity contribution in [2.45, 2.75) is 233 Å². The summed E-state index contributed by atoms with van der Waals surface area (Å²) in [6, 6.07) is 0. The fraction of sp³-hybridized carbons (Fsp3) is 0.951. The van der Waals surface area contributed by atoms with Crippen molar-refractivity contribution in [3.63, 3.8) is 0 Å². The SMILES string of the molecule is CCCCC(F)C(C(=O)CC=O)(C(F)CCCC)C(C(F)CCCC)(C(F)CCCC)C(C(F)CCCC)(C(F)CCCC)C(F)CCCC. The number of hydrogen-bond acceptors (Lipinski definition) is 2. The molecule has 0 radical (unpaired) electrons. The standard InChI is InChI=1S/C41H73F7O2/c1-8-15-22-31(42)39(32(43)23-16-9-2,33(44)24-17-10-3)41(36(47)27-20-13-6,37(48)28-21-14-7)40(38(50)29-30-49,34(45)25-18-11-4)35(46)26-19-12-5/h30-37H,8-29H2,1-7H3. The number of rotatable bonds is 33. The van der Waals surface area contributed by atoms with Gasteiger partial charge in [0.05, 0.1) is 17.3 Å². The minimum atomic E-state index is -3.45. The molecular weight excluding hydrogens is 657 g/mol. The van der Waals surface area contributed by atoms with E-state index in [1.807, 2.05) is 0 Å². The summed E-state index contributed by atoms with van der Waals surface area (Å²) < 4.78 is 126. The summed E-state index contributed by atoms with van der Waals surface area (Å²) in [7, 11) is 0. The van der Waals surface area contributed by atoms with Crippen molar-refractivity contribution in [1.82, 2.24) is 0 Å². The summed E-state index contributed by atoms with van der Waals surface area (Å²) in [6.45, 7) is 12.2. The van der Waals surface area contributed by atoms with Gasteiger partial charge in [0, 0.05) is 0 Å². The number of hydrogen-bond donors (Lipinski definition) is 0. The van der Waals surface area contributed by atoms with Gasteiger partial charge in [0.2, 0.25) is 0 Å². The second-order valence-corrected chi connectivity index (χ2v) is 14.7. The Kier molecular flexibility index (Phi) is 25.2. The lowest BCUT2D eigenvalue weighted by atomic mass is 9.38. The van der Waals surface area contributed by atoms with Gasteiger partial charge in [-0.05, 0) is 44.9 Å². The first-order valence-electron chi connectivity index (χ1n) is 20.3. The van der Waals surface area contributed by atoms with Gasteiger partial charge in [0.25, 0.3) is 0 Å². The normalized spacial score (nSPS) is 20.0. The van der Waals surface area contributed by atoms with E-state index in [4.69, 9.17) is 0 Å². The van der Waals surface area contributed by atoms with E-state index >= 15 is 30.7 Å². The number of halogens is 7. The molecule has 0 saturated heterocycles. The van der Waals surface area contributed by atoms with Crippen molar-refractivity contribution in [1.29, 1.82) is 0 Å². The quantitative estimate of drug-likeness (QED) is 0.0383. The lowest BCUT2D eigenvalue weighted by Gasteiger charge is -2.66. The van der Waals surface area contributed by atoms with Gasteiger partial charge in [-0.2, -0.15) is 0 Å². The number of aldehydes is 1. The molecule has 2 nitrogen and oxygen atoms in total. The maximum Gasteiger partial charge on any atom is 0.152 e. The molecule has 0 amide bonds. The van der Waals surface area contributed by atoms with Crippen LogP contribution in [0.15, 0.2) is 0 Å². The highest BCUT2D eigenvalue weighted by atomic mass is 19.2. The van der Waals surface area contributed by atoms with Gasteiger partial charge in [0.15, 0.2) is 5.78 Å². The Morgan fingerprint density at radius 3 is 0.920 bits per heavy atom. The molecule has 0 aliphatic heterocycles. The van der Waals surface area contributed by atoms with Crippen LogP contribution in [0.2, 0.25) is 0 Å². The first-order chi connectivity index (χ1) is 23.9. The van der Waals surface area contributed by atoms with E-state index in [9.17, 15) is 9.59 Å². The van der Waals surface area contributed by atoms with Gasteiger partial charge >= 0.3 is 0 Å². The smallest absolute Gasteiger partial charge is 0.152 e. The third kappa shape index (κ3) is 10.7. The minimum Gasteiger partial charge on any atom is -0.303 e. The van der Waals surface area contributed by atoms with Crippen LogP contribution in [0.3, 0.4) is 0 Å². The highest BCUT2D eigenvalue weighted by Crippen LogP contribution is 2.71. The molecule has 9 heteroatoms. The zero-order valence-corrected chi connectivity index (χ0v) is 32.6. The van der Waals surface area contributed by atoms with E-state index in [0.717, 1.165) is 0 Å². The highest BCUT2D eigenvalue weighted by Gasteiger charge is 2.81. The predicted octanol–water partition coefficient (Wildman–Crippen LogP) is 13.8. The second kappa shape index (κ2) is 25.8. The fourth-order valence-corrected chi connectivity index (χ4v) is 8.83. The van der Waals surface area contributed by atoms with Gasteiger partial charge in [0.1, 0.15) is 54.9 Å². The van der Waals surface area contributed by atoms with E-state index in [0.29, 0.717) is 44.9 Å². The third-order valence-electron chi connectivity index (χ3n) is 11.3. The topological polar surface area (TPSA) is 34.1 Å². The van der Waals surface area contributed by atoms with Gasteiger partial charge < -0.3 is 4.79 Å². The summed E-state index contributed by atoms with van der Waals surface area (Å²) in [5.41, 5.74) is -10.1. The summed E-state index contributed by atoms with van der Waals surface area (Å²) in [4.78, 5) is 27.0. The molecule has 0 aliphatic carbocycles. The lowest BCUT2D eigenvalue weighted by Crippen LogP contribution is -2.78. The molecule has 0 saturated carbocycles. The molecule has 0 bridgehead atoms. The Balaban J connectivity index is 9.46. The van der Waals surface area contributed by atoms with Crippen molar-refractivity contribution < 1.29 is 40.3 Å². The minimum absolute atomic E-state index is 0.0546. The van der Waals surface area contributed by atoms with Crippen LogP contribution in [0.5, 0.6) is 0 Å².